The molecule has 0 amide bonds. The second-order valence-electron chi connectivity index (χ2n) is 6.08. The van der Waals surface area contributed by atoms with Gasteiger partial charge in [0, 0.05) is 10.6 Å². The molecule has 29 heavy (non-hydrogen) atoms. The number of hydrogen-bond donors (Lipinski definition) is 0. The van der Waals surface area contributed by atoms with Crippen LogP contribution in [0.4, 0.5) is 0 Å². The third-order valence-electron chi connectivity index (χ3n) is 4.08. The van der Waals surface area contributed by atoms with E-state index < -0.39 is 6.10 Å². The molecule has 1 aliphatic heterocycles. The van der Waals surface area contributed by atoms with Crippen molar-refractivity contribution in [2.24, 2.45) is 0 Å². The number of hydrogen-bond acceptors (Lipinski definition) is 9. The molecule has 0 aliphatic carbocycles. The zero-order chi connectivity index (χ0) is 19.6. The van der Waals surface area contributed by atoms with Gasteiger partial charge in [-0.3, -0.25) is 0 Å². The van der Waals surface area contributed by atoms with Crippen molar-refractivity contribution in [3.05, 3.63) is 65.3 Å². The van der Waals surface area contributed by atoms with E-state index in [1.54, 1.807) is 12.1 Å². The highest BCUT2D eigenvalue weighted by atomic mass is 35.5. The zero-order valence-electron chi connectivity index (χ0n) is 14.8. The topological polar surface area (TPSA) is 96.3 Å². The number of thioether (sulfide) groups is 1. The molecule has 5 rings (SSSR count). The molecule has 4 aromatic rings. The van der Waals surface area contributed by atoms with Gasteiger partial charge in [-0.1, -0.05) is 52.8 Å². The van der Waals surface area contributed by atoms with Crippen LogP contribution < -0.4 is 9.47 Å². The van der Waals surface area contributed by atoms with Gasteiger partial charge in [0.15, 0.2) is 11.5 Å². The Labute approximate surface area is 174 Å². The third kappa shape index (κ3) is 3.92. The highest BCUT2D eigenvalue weighted by Crippen LogP contribution is 2.36. The van der Waals surface area contributed by atoms with E-state index in [4.69, 9.17) is 30.0 Å². The van der Waals surface area contributed by atoms with Crippen molar-refractivity contribution in [2.45, 2.75) is 17.1 Å². The van der Waals surface area contributed by atoms with Gasteiger partial charge in [0.25, 0.3) is 11.1 Å². The second kappa shape index (κ2) is 7.76. The molecule has 0 spiro atoms. The van der Waals surface area contributed by atoms with E-state index in [0.717, 1.165) is 5.56 Å². The molecule has 0 saturated heterocycles. The van der Waals surface area contributed by atoms with Crippen LogP contribution in [0.25, 0.3) is 11.4 Å². The van der Waals surface area contributed by atoms with Crippen molar-refractivity contribution in [1.29, 1.82) is 0 Å². The van der Waals surface area contributed by atoms with E-state index in [-0.39, 0.29) is 0 Å². The first-order valence-electron chi connectivity index (χ1n) is 8.68. The molecule has 0 radical (unpaired) electrons. The zero-order valence-corrected chi connectivity index (χ0v) is 16.4. The average Bonchev–Trinajstić information content (AvgIpc) is 3.42. The first-order valence-corrected chi connectivity index (χ1v) is 10.0. The van der Waals surface area contributed by atoms with Crippen LogP contribution in [-0.4, -0.2) is 26.9 Å². The summed E-state index contributed by atoms with van der Waals surface area (Å²) in [6.07, 6.45) is -0.454. The Morgan fingerprint density at radius 1 is 1.07 bits per heavy atom. The Hall–Kier alpha value is -3.04. The van der Waals surface area contributed by atoms with Gasteiger partial charge in [0.2, 0.25) is 17.8 Å². The highest BCUT2D eigenvalue weighted by Gasteiger charge is 2.27. The summed E-state index contributed by atoms with van der Waals surface area (Å²) in [6.45, 7) is 0.302. The molecule has 0 bridgehead atoms. The van der Waals surface area contributed by atoms with E-state index >= 15 is 0 Å². The standard InChI is InChI=1S/C19H13ClN4O4S/c20-12-5-3-4-11(8-12)17-21-16(28-24-17)10-29-19-23-22-18(27-19)15-9-25-13-6-1-2-7-14(13)26-15/h1-8,15H,9-10H2/t15-/m0/s1. The third-order valence-corrected chi connectivity index (χ3v) is 5.11. The van der Waals surface area contributed by atoms with Crippen LogP contribution >= 0.6 is 23.4 Å². The Morgan fingerprint density at radius 2 is 1.97 bits per heavy atom. The van der Waals surface area contributed by atoms with E-state index in [1.165, 1.54) is 11.8 Å². The summed E-state index contributed by atoms with van der Waals surface area (Å²) >= 11 is 7.30. The van der Waals surface area contributed by atoms with Gasteiger partial charge in [0.1, 0.15) is 6.61 Å². The van der Waals surface area contributed by atoms with Crippen molar-refractivity contribution in [3.63, 3.8) is 0 Å². The van der Waals surface area contributed by atoms with E-state index in [0.29, 0.717) is 51.7 Å². The smallest absolute Gasteiger partial charge is 0.277 e. The van der Waals surface area contributed by atoms with Gasteiger partial charge < -0.3 is 18.4 Å². The predicted molar refractivity (Wildman–Crippen MR) is 104 cm³/mol. The summed E-state index contributed by atoms with van der Waals surface area (Å²) in [5, 5.41) is 13.1. The SMILES string of the molecule is Clc1cccc(-c2noc(CSc3nnc([C@@H]4COc5ccccc5O4)o3)n2)c1. The lowest BCUT2D eigenvalue weighted by molar-refractivity contribution is 0.0686. The molecule has 3 heterocycles. The molecule has 2 aromatic heterocycles. The number of ether oxygens (including phenoxy) is 2. The van der Waals surface area contributed by atoms with Gasteiger partial charge in [-0.05, 0) is 24.3 Å². The number of benzene rings is 2. The first-order chi connectivity index (χ1) is 14.2. The van der Waals surface area contributed by atoms with Crippen LogP contribution in [0.15, 0.2) is 62.7 Å². The molecule has 0 unspecified atom stereocenters. The minimum absolute atomic E-state index is 0.302. The average molecular weight is 429 g/mol. The van der Waals surface area contributed by atoms with Gasteiger partial charge in [0.05, 0.1) is 5.75 Å². The van der Waals surface area contributed by atoms with Crippen molar-refractivity contribution in [3.8, 4) is 22.9 Å². The van der Waals surface area contributed by atoms with Crippen LogP contribution in [0.1, 0.15) is 17.9 Å². The van der Waals surface area contributed by atoms with Gasteiger partial charge in [-0.25, -0.2) is 0 Å². The monoisotopic (exact) mass is 428 g/mol. The quantitative estimate of drug-likeness (QED) is 0.423. The number of fused-ring (bicyclic) bond motifs is 1. The summed E-state index contributed by atoms with van der Waals surface area (Å²) in [6, 6.07) is 14.7. The molecule has 146 valence electrons. The largest absolute Gasteiger partial charge is 0.485 e. The molecule has 0 saturated carbocycles. The number of rotatable bonds is 5. The van der Waals surface area contributed by atoms with Crippen molar-refractivity contribution >= 4 is 23.4 Å². The lowest BCUT2D eigenvalue weighted by Crippen LogP contribution is -2.21. The van der Waals surface area contributed by atoms with Gasteiger partial charge in [-0.15, -0.1) is 10.2 Å². The molecule has 2 aromatic carbocycles. The van der Waals surface area contributed by atoms with E-state index in [1.807, 2.05) is 36.4 Å². The minimum atomic E-state index is -0.454. The molecule has 0 N–H and O–H groups in total. The Balaban J connectivity index is 1.23. The van der Waals surface area contributed by atoms with Crippen molar-refractivity contribution in [1.82, 2.24) is 20.3 Å². The fraction of sp³-hybridized carbons (Fsp3) is 0.158. The Bertz CT molecular complexity index is 1150. The number of para-hydroxylation sites is 2. The number of nitrogens with zero attached hydrogens (tertiary/aromatic N) is 4. The summed E-state index contributed by atoms with van der Waals surface area (Å²) in [5.74, 6) is 3.00. The minimum Gasteiger partial charge on any atom is -0.485 e. The van der Waals surface area contributed by atoms with Gasteiger partial charge >= 0.3 is 0 Å². The van der Waals surface area contributed by atoms with E-state index in [2.05, 4.69) is 20.3 Å². The maximum absolute atomic E-state index is 6.00. The fourth-order valence-corrected chi connectivity index (χ4v) is 3.53. The molecule has 10 heteroatoms. The summed E-state index contributed by atoms with van der Waals surface area (Å²) < 4.78 is 22.5. The van der Waals surface area contributed by atoms with Crippen LogP contribution in [0, 0.1) is 0 Å². The van der Waals surface area contributed by atoms with Gasteiger partial charge in [-0.2, -0.15) is 4.98 Å². The maximum atomic E-state index is 6.00. The molecular weight excluding hydrogens is 416 g/mol. The first kappa shape index (κ1) is 18.0. The molecule has 8 nitrogen and oxygen atoms in total. The Morgan fingerprint density at radius 3 is 2.86 bits per heavy atom. The van der Waals surface area contributed by atoms with Crippen LogP contribution in [0.5, 0.6) is 11.5 Å². The fourth-order valence-electron chi connectivity index (χ4n) is 2.73. The maximum Gasteiger partial charge on any atom is 0.277 e. The lowest BCUT2D eigenvalue weighted by Gasteiger charge is -2.23. The second-order valence-corrected chi connectivity index (χ2v) is 7.44. The van der Waals surface area contributed by atoms with E-state index in [9.17, 15) is 0 Å². The number of aromatic nitrogens is 4. The van der Waals surface area contributed by atoms with Crippen LogP contribution in [-0.2, 0) is 5.75 Å². The van der Waals surface area contributed by atoms with Crippen molar-refractivity contribution in [2.75, 3.05) is 6.61 Å². The summed E-state index contributed by atoms with van der Waals surface area (Å²) in [5.41, 5.74) is 0.785. The molecule has 0 fully saturated rings. The van der Waals surface area contributed by atoms with Crippen molar-refractivity contribution < 1.29 is 18.4 Å². The predicted octanol–water partition coefficient (Wildman–Crippen LogP) is 4.58. The summed E-state index contributed by atoms with van der Waals surface area (Å²) in [7, 11) is 0. The molecule has 1 aliphatic rings. The molecular formula is C19H13ClN4O4S. The molecule has 1 atom stereocenters. The number of halogens is 1. The Kier molecular flexibility index (Phi) is 4.82. The normalized spacial score (nSPS) is 15.4. The highest BCUT2D eigenvalue weighted by molar-refractivity contribution is 7.98. The summed E-state index contributed by atoms with van der Waals surface area (Å²) in [4.78, 5) is 4.37. The van der Waals surface area contributed by atoms with Crippen LogP contribution in [0.2, 0.25) is 5.02 Å². The lowest BCUT2D eigenvalue weighted by atomic mass is 10.2. The van der Waals surface area contributed by atoms with Crippen LogP contribution in [0.3, 0.4) is 0 Å².